The topological polar surface area (TPSA) is 73.8 Å². The molecule has 0 aliphatic carbocycles. The molecule has 0 saturated heterocycles. The first-order chi connectivity index (χ1) is 10.9. The van der Waals surface area contributed by atoms with E-state index in [1.165, 1.54) is 6.07 Å². The molecule has 118 valence electrons. The molecule has 0 amide bonds. The molecular weight excluding hydrogens is 292 g/mol. The van der Waals surface area contributed by atoms with Crippen LogP contribution >= 0.6 is 0 Å². The van der Waals surface area contributed by atoms with E-state index < -0.39 is 0 Å². The zero-order chi connectivity index (χ0) is 16.6. The standard InChI is InChI=1S/C19H18O4/c1-11(2)3-6-15-16(21)7-13(8-17(15)22)18-9-12-4-5-14(20)10-19(12)23-18/h3-11,20-22H,1-2H3/b6-3+. The van der Waals surface area contributed by atoms with E-state index in [1.54, 1.807) is 36.4 Å². The Morgan fingerprint density at radius 3 is 2.30 bits per heavy atom. The van der Waals surface area contributed by atoms with Crippen LogP contribution in [0.3, 0.4) is 0 Å². The fourth-order valence-corrected chi connectivity index (χ4v) is 2.39. The van der Waals surface area contributed by atoms with Crippen molar-refractivity contribution in [3.05, 3.63) is 48.0 Å². The van der Waals surface area contributed by atoms with Crippen molar-refractivity contribution in [2.75, 3.05) is 0 Å². The summed E-state index contributed by atoms with van der Waals surface area (Å²) in [6.45, 7) is 4.03. The molecule has 3 aromatic rings. The van der Waals surface area contributed by atoms with Crippen molar-refractivity contribution < 1.29 is 19.7 Å². The number of hydrogen-bond donors (Lipinski definition) is 3. The van der Waals surface area contributed by atoms with Gasteiger partial charge in [-0.05, 0) is 36.2 Å². The number of hydrogen-bond acceptors (Lipinski definition) is 4. The highest BCUT2D eigenvalue weighted by atomic mass is 16.3. The van der Waals surface area contributed by atoms with E-state index >= 15 is 0 Å². The molecule has 0 radical (unpaired) electrons. The van der Waals surface area contributed by atoms with Crippen LogP contribution in [0.4, 0.5) is 0 Å². The van der Waals surface area contributed by atoms with Gasteiger partial charge < -0.3 is 19.7 Å². The first-order valence-corrected chi connectivity index (χ1v) is 7.41. The molecule has 0 atom stereocenters. The van der Waals surface area contributed by atoms with Gasteiger partial charge in [-0.25, -0.2) is 0 Å². The molecule has 2 aromatic carbocycles. The van der Waals surface area contributed by atoms with E-state index in [4.69, 9.17) is 4.42 Å². The molecular formula is C19H18O4. The summed E-state index contributed by atoms with van der Waals surface area (Å²) in [6, 6.07) is 9.76. The van der Waals surface area contributed by atoms with Crippen LogP contribution in [-0.2, 0) is 0 Å². The monoisotopic (exact) mass is 310 g/mol. The van der Waals surface area contributed by atoms with Gasteiger partial charge in [0.1, 0.15) is 28.6 Å². The highest BCUT2D eigenvalue weighted by Crippen LogP contribution is 2.37. The molecule has 4 heteroatoms. The zero-order valence-corrected chi connectivity index (χ0v) is 12.9. The first-order valence-electron chi connectivity index (χ1n) is 7.41. The summed E-state index contributed by atoms with van der Waals surface area (Å²) in [5.41, 5.74) is 1.50. The Morgan fingerprint density at radius 1 is 0.957 bits per heavy atom. The average molecular weight is 310 g/mol. The molecule has 4 nitrogen and oxygen atoms in total. The predicted octanol–water partition coefficient (Wildman–Crippen LogP) is 4.89. The van der Waals surface area contributed by atoms with Crippen LogP contribution in [0, 0.1) is 5.92 Å². The average Bonchev–Trinajstić information content (AvgIpc) is 2.88. The molecule has 0 bridgehead atoms. The summed E-state index contributed by atoms with van der Waals surface area (Å²) in [7, 11) is 0. The van der Waals surface area contributed by atoms with E-state index in [0.717, 1.165) is 5.39 Å². The molecule has 0 unspecified atom stereocenters. The lowest BCUT2D eigenvalue weighted by Crippen LogP contribution is -1.83. The van der Waals surface area contributed by atoms with Crippen LogP contribution in [-0.4, -0.2) is 15.3 Å². The number of aromatic hydroxyl groups is 3. The van der Waals surface area contributed by atoms with Gasteiger partial charge in [-0.1, -0.05) is 26.0 Å². The summed E-state index contributed by atoms with van der Waals surface area (Å²) in [6.07, 6.45) is 3.61. The van der Waals surface area contributed by atoms with Crippen molar-refractivity contribution in [1.82, 2.24) is 0 Å². The van der Waals surface area contributed by atoms with Gasteiger partial charge in [-0.15, -0.1) is 0 Å². The van der Waals surface area contributed by atoms with Crippen LogP contribution in [0.25, 0.3) is 28.4 Å². The van der Waals surface area contributed by atoms with E-state index in [1.807, 2.05) is 19.9 Å². The summed E-state index contributed by atoms with van der Waals surface area (Å²) in [5.74, 6) is 0.922. The van der Waals surface area contributed by atoms with Gasteiger partial charge in [0, 0.05) is 17.0 Å². The van der Waals surface area contributed by atoms with Gasteiger partial charge in [-0.2, -0.15) is 0 Å². The number of rotatable bonds is 3. The lowest BCUT2D eigenvalue weighted by atomic mass is 10.0. The van der Waals surface area contributed by atoms with Gasteiger partial charge >= 0.3 is 0 Å². The van der Waals surface area contributed by atoms with Crippen LogP contribution in [0.1, 0.15) is 19.4 Å². The van der Waals surface area contributed by atoms with E-state index in [9.17, 15) is 15.3 Å². The van der Waals surface area contributed by atoms with Crippen molar-refractivity contribution in [2.45, 2.75) is 13.8 Å². The van der Waals surface area contributed by atoms with Crippen molar-refractivity contribution in [2.24, 2.45) is 5.92 Å². The van der Waals surface area contributed by atoms with E-state index in [-0.39, 0.29) is 17.2 Å². The fraction of sp³-hybridized carbons (Fsp3) is 0.158. The van der Waals surface area contributed by atoms with Crippen molar-refractivity contribution in [3.8, 4) is 28.6 Å². The Balaban J connectivity index is 2.05. The van der Waals surface area contributed by atoms with E-state index in [0.29, 0.717) is 28.4 Å². The maximum atomic E-state index is 10.2. The first kappa shape index (κ1) is 15.0. The molecule has 0 aliphatic rings. The molecule has 0 spiro atoms. The quantitative estimate of drug-likeness (QED) is 0.644. The minimum Gasteiger partial charge on any atom is -0.508 e. The zero-order valence-electron chi connectivity index (χ0n) is 12.9. The van der Waals surface area contributed by atoms with Crippen molar-refractivity contribution in [3.63, 3.8) is 0 Å². The summed E-state index contributed by atoms with van der Waals surface area (Å²) in [4.78, 5) is 0. The molecule has 0 saturated carbocycles. The van der Waals surface area contributed by atoms with Crippen LogP contribution in [0.5, 0.6) is 17.2 Å². The Labute approximate surface area is 133 Å². The van der Waals surface area contributed by atoms with Crippen LogP contribution in [0.15, 0.2) is 46.9 Å². The predicted molar refractivity (Wildman–Crippen MR) is 90.5 cm³/mol. The molecule has 3 rings (SSSR count). The smallest absolute Gasteiger partial charge is 0.138 e. The molecule has 1 heterocycles. The number of benzene rings is 2. The van der Waals surface area contributed by atoms with Gasteiger partial charge in [0.25, 0.3) is 0 Å². The van der Waals surface area contributed by atoms with Gasteiger partial charge in [0.15, 0.2) is 0 Å². The maximum absolute atomic E-state index is 10.2. The molecule has 0 aliphatic heterocycles. The minimum atomic E-state index is -0.0137. The van der Waals surface area contributed by atoms with Crippen molar-refractivity contribution >= 4 is 17.0 Å². The van der Waals surface area contributed by atoms with Gasteiger partial charge in [0.2, 0.25) is 0 Å². The Bertz CT molecular complexity index is 865. The van der Waals surface area contributed by atoms with Gasteiger partial charge in [0.05, 0.1) is 5.56 Å². The van der Waals surface area contributed by atoms with E-state index in [2.05, 4.69) is 0 Å². The highest BCUT2D eigenvalue weighted by molar-refractivity contribution is 5.85. The number of phenols is 3. The van der Waals surface area contributed by atoms with Gasteiger partial charge in [-0.3, -0.25) is 0 Å². The Hall–Kier alpha value is -2.88. The third kappa shape index (κ3) is 3.01. The SMILES string of the molecule is CC(C)/C=C/c1c(O)cc(-c2cc3ccc(O)cc3o2)cc1O. The normalized spacial score (nSPS) is 11.8. The summed E-state index contributed by atoms with van der Waals surface area (Å²) >= 11 is 0. The number of allylic oxidation sites excluding steroid dienone is 1. The lowest BCUT2D eigenvalue weighted by Gasteiger charge is -2.06. The minimum absolute atomic E-state index is 0.0137. The molecule has 23 heavy (non-hydrogen) atoms. The number of furan rings is 1. The van der Waals surface area contributed by atoms with Crippen molar-refractivity contribution in [1.29, 1.82) is 0 Å². The Morgan fingerprint density at radius 2 is 1.65 bits per heavy atom. The third-order valence-electron chi connectivity index (χ3n) is 3.57. The summed E-state index contributed by atoms with van der Waals surface area (Å²) < 4.78 is 5.68. The highest BCUT2D eigenvalue weighted by Gasteiger charge is 2.12. The number of phenolic OH excluding ortho intramolecular Hbond substituents is 3. The van der Waals surface area contributed by atoms with Crippen LogP contribution < -0.4 is 0 Å². The third-order valence-corrected chi connectivity index (χ3v) is 3.57. The second-order valence-electron chi connectivity index (χ2n) is 5.86. The molecule has 0 fully saturated rings. The summed E-state index contributed by atoms with van der Waals surface area (Å²) in [5, 5.41) is 30.7. The molecule has 1 aromatic heterocycles. The number of fused-ring (bicyclic) bond motifs is 1. The second kappa shape index (κ2) is 5.72. The largest absolute Gasteiger partial charge is 0.508 e. The fourth-order valence-electron chi connectivity index (χ4n) is 2.39. The van der Waals surface area contributed by atoms with Crippen LogP contribution in [0.2, 0.25) is 0 Å². The second-order valence-corrected chi connectivity index (χ2v) is 5.86. The Kier molecular flexibility index (Phi) is 3.74. The molecule has 3 N–H and O–H groups in total. The maximum Gasteiger partial charge on any atom is 0.138 e. The lowest BCUT2D eigenvalue weighted by molar-refractivity contribution is 0.448.